The highest BCUT2D eigenvalue weighted by molar-refractivity contribution is 5.82. The molecule has 8 heteroatoms. The molecule has 8 nitrogen and oxygen atoms in total. The van der Waals surface area contributed by atoms with Gasteiger partial charge < -0.3 is 15.7 Å². The molecule has 2 aromatic carbocycles. The summed E-state index contributed by atoms with van der Waals surface area (Å²) in [5.41, 5.74) is 11.2. The van der Waals surface area contributed by atoms with Crippen molar-refractivity contribution in [1.29, 1.82) is 0 Å². The maximum atomic E-state index is 12.6. The number of carbonyl (C=O) groups excluding carboxylic acids is 1. The molecule has 0 bridgehead atoms. The number of aromatic nitrogens is 3. The summed E-state index contributed by atoms with van der Waals surface area (Å²) in [6.07, 6.45) is 5.89. The lowest BCUT2D eigenvalue weighted by Gasteiger charge is -2.34. The van der Waals surface area contributed by atoms with Gasteiger partial charge in [-0.1, -0.05) is 55.7 Å². The van der Waals surface area contributed by atoms with Gasteiger partial charge in [0.2, 0.25) is 0 Å². The van der Waals surface area contributed by atoms with Crippen LogP contribution in [-0.2, 0) is 18.4 Å². The standard InChI is InChI=1S/C31H43N5O3/c1-7-21-9-11-22(12-10-21)17-36(30(32)39)18-24-16-23(13-8-19(24)2)27(31(4,5)29(37)38)25-14-15-26-28(20(25)3)33-34-35(26)6/h8,13-16,21-22,27H,7,9-12,17-18H2,1-6H3,(H2,32,39)(H,37,38). The van der Waals surface area contributed by atoms with Crippen molar-refractivity contribution in [2.45, 2.75) is 79.2 Å². The Balaban J connectivity index is 1.70. The van der Waals surface area contributed by atoms with E-state index in [4.69, 9.17) is 5.73 Å². The summed E-state index contributed by atoms with van der Waals surface area (Å²) in [6.45, 7) is 10.9. The Morgan fingerprint density at radius 2 is 1.79 bits per heavy atom. The smallest absolute Gasteiger partial charge is 0.315 e. The molecule has 1 heterocycles. The van der Waals surface area contributed by atoms with Crippen molar-refractivity contribution in [3.63, 3.8) is 0 Å². The Kier molecular flexibility index (Phi) is 8.33. The maximum absolute atomic E-state index is 12.6. The molecular formula is C31H43N5O3. The topological polar surface area (TPSA) is 114 Å². The van der Waals surface area contributed by atoms with Crippen molar-refractivity contribution in [3.8, 4) is 0 Å². The lowest BCUT2D eigenvalue weighted by atomic mass is 9.69. The molecule has 1 fully saturated rings. The number of aryl methyl sites for hydroxylation is 3. The molecule has 0 spiro atoms. The van der Waals surface area contributed by atoms with E-state index in [0.717, 1.165) is 57.6 Å². The summed E-state index contributed by atoms with van der Waals surface area (Å²) in [4.78, 5) is 26.9. The largest absolute Gasteiger partial charge is 0.481 e. The second kappa shape index (κ2) is 11.4. The van der Waals surface area contributed by atoms with Crippen LogP contribution in [0.25, 0.3) is 11.0 Å². The summed E-state index contributed by atoms with van der Waals surface area (Å²) < 4.78 is 1.72. The minimum Gasteiger partial charge on any atom is -0.481 e. The molecule has 1 unspecified atom stereocenters. The van der Waals surface area contributed by atoms with E-state index in [9.17, 15) is 14.7 Å². The first kappa shape index (κ1) is 28.6. The molecule has 0 aliphatic heterocycles. The van der Waals surface area contributed by atoms with E-state index in [1.165, 1.54) is 19.3 Å². The van der Waals surface area contributed by atoms with Crippen LogP contribution in [0, 0.1) is 31.1 Å². The van der Waals surface area contributed by atoms with Crippen LogP contribution in [0.15, 0.2) is 30.3 Å². The van der Waals surface area contributed by atoms with E-state index in [0.29, 0.717) is 19.0 Å². The number of carboxylic acid groups (broad SMARTS) is 1. The third-order valence-corrected chi connectivity index (χ3v) is 9.06. The number of carbonyl (C=O) groups is 2. The van der Waals surface area contributed by atoms with Crippen LogP contribution in [0.4, 0.5) is 4.79 Å². The molecule has 3 aromatic rings. The average Bonchev–Trinajstić information content (AvgIpc) is 3.28. The van der Waals surface area contributed by atoms with Gasteiger partial charge in [-0.05, 0) is 86.3 Å². The summed E-state index contributed by atoms with van der Waals surface area (Å²) in [5, 5.41) is 18.8. The maximum Gasteiger partial charge on any atom is 0.315 e. The van der Waals surface area contributed by atoms with Crippen molar-refractivity contribution in [2.75, 3.05) is 6.54 Å². The van der Waals surface area contributed by atoms with E-state index in [1.54, 1.807) is 23.4 Å². The number of benzene rings is 2. The number of nitrogens with zero attached hydrogens (tertiary/aromatic N) is 4. The number of nitrogens with two attached hydrogens (primary N) is 1. The summed E-state index contributed by atoms with van der Waals surface area (Å²) in [6, 6.07) is 9.64. The van der Waals surface area contributed by atoms with Crippen molar-refractivity contribution in [2.24, 2.45) is 30.0 Å². The Bertz CT molecular complexity index is 1350. The fourth-order valence-electron chi connectivity index (χ4n) is 6.28. The monoisotopic (exact) mass is 533 g/mol. The van der Waals surface area contributed by atoms with Crippen LogP contribution >= 0.6 is 0 Å². The molecule has 4 rings (SSSR count). The van der Waals surface area contributed by atoms with Gasteiger partial charge >= 0.3 is 12.0 Å². The van der Waals surface area contributed by atoms with Gasteiger partial charge in [0.1, 0.15) is 5.52 Å². The van der Waals surface area contributed by atoms with Crippen LogP contribution in [0.1, 0.15) is 86.6 Å². The van der Waals surface area contributed by atoms with E-state index < -0.39 is 23.3 Å². The molecule has 0 saturated heterocycles. The molecule has 1 atom stereocenters. The minimum absolute atomic E-state index is 0.408. The van der Waals surface area contributed by atoms with Crippen LogP contribution in [-0.4, -0.2) is 43.5 Å². The van der Waals surface area contributed by atoms with E-state index in [-0.39, 0.29) is 0 Å². The number of hydrogen-bond acceptors (Lipinski definition) is 4. The van der Waals surface area contributed by atoms with Crippen molar-refractivity contribution < 1.29 is 14.7 Å². The molecular weight excluding hydrogens is 490 g/mol. The normalized spacial score (nSPS) is 18.7. The van der Waals surface area contributed by atoms with Crippen molar-refractivity contribution in [1.82, 2.24) is 19.9 Å². The lowest BCUT2D eigenvalue weighted by molar-refractivity contribution is -0.147. The fraction of sp³-hybridized carbons (Fsp3) is 0.548. The van der Waals surface area contributed by atoms with Gasteiger partial charge in [0, 0.05) is 26.1 Å². The lowest BCUT2D eigenvalue weighted by Crippen LogP contribution is -2.39. The predicted molar refractivity (Wildman–Crippen MR) is 153 cm³/mol. The van der Waals surface area contributed by atoms with Gasteiger partial charge in [0.25, 0.3) is 0 Å². The number of urea groups is 1. The first-order chi connectivity index (χ1) is 18.4. The van der Waals surface area contributed by atoms with Crippen LogP contribution < -0.4 is 5.73 Å². The zero-order valence-electron chi connectivity index (χ0n) is 24.2. The summed E-state index contributed by atoms with van der Waals surface area (Å²) in [5.74, 6) is -0.0630. The van der Waals surface area contributed by atoms with Crippen molar-refractivity contribution >= 4 is 23.0 Å². The number of fused-ring (bicyclic) bond motifs is 1. The number of primary amides is 1. The highest BCUT2D eigenvalue weighted by Crippen LogP contribution is 2.44. The first-order valence-corrected chi connectivity index (χ1v) is 14.1. The second-order valence-electron chi connectivity index (χ2n) is 12.0. The summed E-state index contributed by atoms with van der Waals surface area (Å²) in [7, 11) is 1.85. The molecule has 1 aliphatic carbocycles. The number of aliphatic carboxylic acids is 1. The number of hydrogen-bond donors (Lipinski definition) is 2. The molecule has 0 radical (unpaired) electrons. The SMILES string of the molecule is CCC1CCC(CN(Cc2cc(C(c3ccc4c(nnn4C)c3C)C(C)(C)C(=O)O)ccc2C)C(N)=O)CC1. The highest BCUT2D eigenvalue weighted by Gasteiger charge is 2.40. The Labute approximate surface area is 231 Å². The average molecular weight is 534 g/mol. The molecule has 1 aliphatic rings. The molecule has 1 saturated carbocycles. The minimum atomic E-state index is -1.10. The van der Waals surface area contributed by atoms with E-state index >= 15 is 0 Å². The molecule has 39 heavy (non-hydrogen) atoms. The summed E-state index contributed by atoms with van der Waals surface area (Å²) >= 11 is 0. The van der Waals surface area contributed by atoms with E-state index in [1.807, 2.05) is 45.2 Å². The molecule has 3 N–H and O–H groups in total. The van der Waals surface area contributed by atoms with Crippen LogP contribution in [0.5, 0.6) is 0 Å². The molecule has 1 aromatic heterocycles. The van der Waals surface area contributed by atoms with Crippen LogP contribution in [0.3, 0.4) is 0 Å². The van der Waals surface area contributed by atoms with Gasteiger partial charge in [0.05, 0.1) is 10.9 Å². The van der Waals surface area contributed by atoms with Gasteiger partial charge in [-0.2, -0.15) is 0 Å². The third kappa shape index (κ3) is 5.80. The third-order valence-electron chi connectivity index (χ3n) is 9.06. The Morgan fingerprint density at radius 1 is 1.13 bits per heavy atom. The van der Waals surface area contributed by atoms with Gasteiger partial charge in [-0.25, -0.2) is 9.48 Å². The predicted octanol–water partition coefficient (Wildman–Crippen LogP) is 5.92. The Hall–Kier alpha value is -3.42. The van der Waals surface area contributed by atoms with Crippen LogP contribution in [0.2, 0.25) is 0 Å². The highest BCUT2D eigenvalue weighted by atomic mass is 16.4. The fourth-order valence-corrected chi connectivity index (χ4v) is 6.28. The second-order valence-corrected chi connectivity index (χ2v) is 12.0. The van der Waals surface area contributed by atoms with Crippen molar-refractivity contribution in [3.05, 3.63) is 58.1 Å². The Morgan fingerprint density at radius 3 is 2.41 bits per heavy atom. The number of rotatable bonds is 9. The quantitative estimate of drug-likeness (QED) is 0.354. The number of carboxylic acids is 1. The molecule has 2 amide bonds. The van der Waals surface area contributed by atoms with Gasteiger partial charge in [-0.3, -0.25) is 4.79 Å². The zero-order chi connectivity index (χ0) is 28.5. The molecule has 210 valence electrons. The first-order valence-electron chi connectivity index (χ1n) is 14.1. The zero-order valence-corrected chi connectivity index (χ0v) is 24.2. The van der Waals surface area contributed by atoms with Gasteiger partial charge in [-0.15, -0.1) is 5.10 Å². The van der Waals surface area contributed by atoms with Gasteiger partial charge in [0.15, 0.2) is 0 Å². The van der Waals surface area contributed by atoms with E-state index in [2.05, 4.69) is 23.3 Å². The number of amides is 2.